The summed E-state index contributed by atoms with van der Waals surface area (Å²) < 4.78 is 10.2. The van der Waals surface area contributed by atoms with E-state index >= 15 is 0 Å². The first-order chi connectivity index (χ1) is 6.84. The Balaban J connectivity index is 2.25. The van der Waals surface area contributed by atoms with E-state index in [9.17, 15) is 0 Å². The van der Waals surface area contributed by atoms with E-state index in [1.54, 1.807) is 7.11 Å². The van der Waals surface area contributed by atoms with E-state index in [0.29, 0.717) is 19.8 Å². The third-order valence-corrected chi connectivity index (χ3v) is 1.96. The average Bonchev–Trinajstić information content (AvgIpc) is 2.25. The van der Waals surface area contributed by atoms with Crippen molar-refractivity contribution in [2.24, 2.45) is 5.73 Å². The molecule has 0 heterocycles. The van der Waals surface area contributed by atoms with Gasteiger partial charge in [0.2, 0.25) is 0 Å². The number of hydrogen-bond acceptors (Lipinski definition) is 3. The molecule has 0 saturated carbocycles. The summed E-state index contributed by atoms with van der Waals surface area (Å²) >= 11 is 0. The second-order valence-corrected chi connectivity index (χ2v) is 3.08. The predicted molar refractivity (Wildman–Crippen MR) is 56.1 cm³/mol. The summed E-state index contributed by atoms with van der Waals surface area (Å²) in [5.41, 5.74) is 7.01. The normalized spacial score (nSPS) is 12.7. The van der Waals surface area contributed by atoms with E-state index in [0.717, 1.165) is 5.56 Å². The van der Waals surface area contributed by atoms with Crippen molar-refractivity contribution < 1.29 is 9.47 Å². The molecule has 0 spiro atoms. The summed E-state index contributed by atoms with van der Waals surface area (Å²) in [5, 5.41) is 0. The molecule has 1 atom stereocenters. The van der Waals surface area contributed by atoms with Gasteiger partial charge in [0.25, 0.3) is 0 Å². The van der Waals surface area contributed by atoms with Crippen LogP contribution in [-0.2, 0) is 9.47 Å². The molecule has 0 radical (unpaired) electrons. The van der Waals surface area contributed by atoms with E-state index in [1.807, 2.05) is 30.3 Å². The summed E-state index contributed by atoms with van der Waals surface area (Å²) in [6, 6.07) is 9.89. The molecule has 0 saturated heterocycles. The lowest BCUT2D eigenvalue weighted by Gasteiger charge is -2.11. The highest BCUT2D eigenvalue weighted by molar-refractivity contribution is 5.18. The Morgan fingerprint density at radius 2 is 1.93 bits per heavy atom. The lowest BCUT2D eigenvalue weighted by molar-refractivity contribution is 0.0636. The summed E-state index contributed by atoms with van der Waals surface area (Å²) in [6.45, 7) is 1.74. The van der Waals surface area contributed by atoms with Crippen LogP contribution in [0.15, 0.2) is 30.3 Å². The molecule has 14 heavy (non-hydrogen) atoms. The maximum Gasteiger partial charge on any atom is 0.0701 e. The lowest BCUT2D eigenvalue weighted by atomic mass is 10.1. The predicted octanol–water partition coefficient (Wildman–Crippen LogP) is 1.35. The van der Waals surface area contributed by atoms with Gasteiger partial charge < -0.3 is 15.2 Å². The molecule has 0 fully saturated rings. The molecule has 0 aromatic heterocycles. The van der Waals surface area contributed by atoms with Gasteiger partial charge in [-0.25, -0.2) is 0 Å². The average molecular weight is 195 g/mol. The van der Waals surface area contributed by atoms with Crippen molar-refractivity contribution >= 4 is 0 Å². The molecule has 3 nitrogen and oxygen atoms in total. The molecule has 0 bridgehead atoms. The van der Waals surface area contributed by atoms with Crippen LogP contribution in [0.1, 0.15) is 11.6 Å². The lowest BCUT2D eigenvalue weighted by Crippen LogP contribution is -2.18. The SMILES string of the molecule is COCCOC[C@H](N)c1ccccc1. The van der Waals surface area contributed by atoms with Gasteiger partial charge in [0.1, 0.15) is 0 Å². The molecule has 2 N–H and O–H groups in total. The topological polar surface area (TPSA) is 44.5 Å². The minimum absolute atomic E-state index is 0.0481. The van der Waals surface area contributed by atoms with Gasteiger partial charge in [0.15, 0.2) is 0 Å². The Morgan fingerprint density at radius 3 is 2.57 bits per heavy atom. The molecule has 0 aliphatic carbocycles. The fraction of sp³-hybridized carbons (Fsp3) is 0.455. The molecule has 3 heteroatoms. The van der Waals surface area contributed by atoms with E-state index in [4.69, 9.17) is 15.2 Å². The Kier molecular flexibility index (Phi) is 5.22. The molecule has 0 unspecified atom stereocenters. The van der Waals surface area contributed by atoms with Gasteiger partial charge in [-0.1, -0.05) is 30.3 Å². The van der Waals surface area contributed by atoms with Crippen LogP contribution in [0, 0.1) is 0 Å². The van der Waals surface area contributed by atoms with Crippen LogP contribution in [0.4, 0.5) is 0 Å². The molecule has 0 amide bonds. The van der Waals surface area contributed by atoms with Crippen molar-refractivity contribution in [3.63, 3.8) is 0 Å². The summed E-state index contributed by atoms with van der Waals surface area (Å²) in [5.74, 6) is 0. The van der Waals surface area contributed by atoms with Crippen molar-refractivity contribution in [1.82, 2.24) is 0 Å². The first-order valence-corrected chi connectivity index (χ1v) is 4.72. The van der Waals surface area contributed by atoms with Crippen LogP contribution >= 0.6 is 0 Å². The second-order valence-electron chi connectivity index (χ2n) is 3.08. The van der Waals surface area contributed by atoms with Gasteiger partial charge in [0.05, 0.1) is 25.9 Å². The summed E-state index contributed by atoms with van der Waals surface area (Å²) in [7, 11) is 1.65. The largest absolute Gasteiger partial charge is 0.382 e. The molecular weight excluding hydrogens is 178 g/mol. The minimum Gasteiger partial charge on any atom is -0.382 e. The first kappa shape index (κ1) is 11.2. The Morgan fingerprint density at radius 1 is 1.21 bits per heavy atom. The zero-order chi connectivity index (χ0) is 10.2. The monoisotopic (exact) mass is 195 g/mol. The number of methoxy groups -OCH3 is 1. The molecular formula is C11H17NO2. The summed E-state index contributed by atoms with van der Waals surface area (Å²) in [4.78, 5) is 0. The second kappa shape index (κ2) is 6.54. The molecule has 78 valence electrons. The minimum atomic E-state index is -0.0481. The van der Waals surface area contributed by atoms with Gasteiger partial charge in [0, 0.05) is 7.11 Å². The Bertz CT molecular complexity index is 238. The van der Waals surface area contributed by atoms with E-state index < -0.39 is 0 Å². The van der Waals surface area contributed by atoms with Gasteiger partial charge in [-0.15, -0.1) is 0 Å². The van der Waals surface area contributed by atoms with Crippen LogP contribution in [0.3, 0.4) is 0 Å². The summed E-state index contributed by atoms with van der Waals surface area (Å²) in [6.07, 6.45) is 0. The quantitative estimate of drug-likeness (QED) is 0.697. The maximum atomic E-state index is 5.91. The van der Waals surface area contributed by atoms with Gasteiger partial charge in [-0.05, 0) is 5.56 Å². The molecule has 1 aromatic rings. The van der Waals surface area contributed by atoms with Crippen LogP contribution in [0.25, 0.3) is 0 Å². The van der Waals surface area contributed by atoms with Gasteiger partial charge in [-0.2, -0.15) is 0 Å². The van der Waals surface area contributed by atoms with Gasteiger partial charge in [-0.3, -0.25) is 0 Å². The Hall–Kier alpha value is -0.900. The van der Waals surface area contributed by atoms with Crippen molar-refractivity contribution in [2.75, 3.05) is 26.9 Å². The third kappa shape index (κ3) is 3.87. The van der Waals surface area contributed by atoms with Crippen LogP contribution in [0.2, 0.25) is 0 Å². The van der Waals surface area contributed by atoms with Crippen LogP contribution in [0.5, 0.6) is 0 Å². The highest BCUT2D eigenvalue weighted by atomic mass is 16.5. The molecule has 1 aromatic carbocycles. The van der Waals surface area contributed by atoms with Crippen molar-refractivity contribution in [3.05, 3.63) is 35.9 Å². The molecule has 0 aliphatic heterocycles. The number of ether oxygens (including phenoxy) is 2. The first-order valence-electron chi connectivity index (χ1n) is 4.72. The highest BCUT2D eigenvalue weighted by Gasteiger charge is 2.04. The number of hydrogen-bond donors (Lipinski definition) is 1. The van der Waals surface area contributed by atoms with Crippen molar-refractivity contribution in [1.29, 1.82) is 0 Å². The fourth-order valence-corrected chi connectivity index (χ4v) is 1.15. The molecule has 0 aliphatic rings. The van der Waals surface area contributed by atoms with Crippen LogP contribution in [-0.4, -0.2) is 26.9 Å². The zero-order valence-electron chi connectivity index (χ0n) is 8.48. The van der Waals surface area contributed by atoms with E-state index in [-0.39, 0.29) is 6.04 Å². The fourth-order valence-electron chi connectivity index (χ4n) is 1.15. The maximum absolute atomic E-state index is 5.91. The standard InChI is InChI=1S/C11H17NO2/c1-13-7-8-14-9-11(12)10-5-3-2-4-6-10/h2-6,11H,7-9,12H2,1H3/t11-/m0/s1. The van der Waals surface area contributed by atoms with Crippen molar-refractivity contribution in [3.8, 4) is 0 Å². The smallest absolute Gasteiger partial charge is 0.0701 e. The highest BCUT2D eigenvalue weighted by Crippen LogP contribution is 2.09. The van der Waals surface area contributed by atoms with Gasteiger partial charge >= 0.3 is 0 Å². The Labute approximate surface area is 84.8 Å². The number of rotatable bonds is 6. The zero-order valence-corrected chi connectivity index (χ0v) is 8.48. The van der Waals surface area contributed by atoms with Crippen LogP contribution < -0.4 is 5.73 Å². The van der Waals surface area contributed by atoms with Crippen molar-refractivity contribution in [2.45, 2.75) is 6.04 Å². The van der Waals surface area contributed by atoms with E-state index in [2.05, 4.69) is 0 Å². The molecule has 1 rings (SSSR count). The number of nitrogens with two attached hydrogens (primary N) is 1. The third-order valence-electron chi connectivity index (χ3n) is 1.96. The number of benzene rings is 1. The van der Waals surface area contributed by atoms with E-state index in [1.165, 1.54) is 0 Å².